The van der Waals surface area contributed by atoms with Gasteiger partial charge in [-0.05, 0) is 18.4 Å². The smallest absolute Gasteiger partial charge is 0.407 e. The predicted molar refractivity (Wildman–Crippen MR) is 60.0 cm³/mol. The lowest BCUT2D eigenvalue weighted by molar-refractivity contribution is 0.147. The SMILES string of the molecule is O=C(O)N1CCc2cn3nccnc3c2CC1. The molecule has 17 heavy (non-hydrogen) atoms. The number of rotatable bonds is 0. The molecule has 0 atom stereocenters. The zero-order valence-electron chi connectivity index (χ0n) is 9.20. The predicted octanol–water partition coefficient (Wildman–Crippen LogP) is 0.808. The second-order valence-corrected chi connectivity index (χ2v) is 4.11. The molecule has 0 spiro atoms. The van der Waals surface area contributed by atoms with E-state index in [1.54, 1.807) is 16.9 Å². The first-order valence-corrected chi connectivity index (χ1v) is 5.53. The number of carbonyl (C=O) groups is 1. The maximum absolute atomic E-state index is 10.9. The molecule has 0 fully saturated rings. The Labute approximate surface area is 97.5 Å². The van der Waals surface area contributed by atoms with Crippen LogP contribution in [0.3, 0.4) is 0 Å². The van der Waals surface area contributed by atoms with Crippen LogP contribution >= 0.6 is 0 Å². The molecule has 3 heterocycles. The molecule has 6 heteroatoms. The summed E-state index contributed by atoms with van der Waals surface area (Å²) in [5.74, 6) is 0. The van der Waals surface area contributed by atoms with E-state index in [0.29, 0.717) is 19.5 Å². The quantitative estimate of drug-likeness (QED) is 0.729. The zero-order chi connectivity index (χ0) is 11.8. The van der Waals surface area contributed by atoms with Crippen molar-refractivity contribution < 1.29 is 9.90 Å². The molecule has 0 aromatic carbocycles. The normalized spacial score (nSPS) is 15.6. The third kappa shape index (κ3) is 1.61. The Balaban J connectivity index is 2.01. The number of carboxylic acid groups (broad SMARTS) is 1. The summed E-state index contributed by atoms with van der Waals surface area (Å²) in [5.41, 5.74) is 3.12. The number of aromatic nitrogens is 3. The summed E-state index contributed by atoms with van der Waals surface area (Å²) in [6.07, 6.45) is 5.84. The third-order valence-corrected chi connectivity index (χ3v) is 3.16. The average molecular weight is 232 g/mol. The van der Waals surface area contributed by atoms with Crippen LogP contribution < -0.4 is 0 Å². The Bertz CT molecular complexity index is 578. The highest BCUT2D eigenvalue weighted by molar-refractivity contribution is 5.65. The van der Waals surface area contributed by atoms with Crippen LogP contribution in [-0.2, 0) is 12.8 Å². The van der Waals surface area contributed by atoms with Gasteiger partial charge in [0.05, 0.1) is 6.20 Å². The highest BCUT2D eigenvalue weighted by Gasteiger charge is 2.21. The van der Waals surface area contributed by atoms with E-state index >= 15 is 0 Å². The molecule has 1 aliphatic heterocycles. The van der Waals surface area contributed by atoms with E-state index in [1.807, 2.05) is 6.20 Å². The van der Waals surface area contributed by atoms with Crippen LogP contribution in [0.25, 0.3) is 5.65 Å². The van der Waals surface area contributed by atoms with Gasteiger partial charge in [-0.1, -0.05) is 0 Å². The highest BCUT2D eigenvalue weighted by atomic mass is 16.4. The van der Waals surface area contributed by atoms with Gasteiger partial charge in [-0.2, -0.15) is 5.10 Å². The summed E-state index contributed by atoms with van der Waals surface area (Å²) < 4.78 is 1.76. The first-order chi connectivity index (χ1) is 8.25. The van der Waals surface area contributed by atoms with Crippen molar-refractivity contribution in [2.45, 2.75) is 12.8 Å². The molecular weight excluding hydrogens is 220 g/mol. The Morgan fingerprint density at radius 3 is 2.94 bits per heavy atom. The van der Waals surface area contributed by atoms with E-state index in [2.05, 4.69) is 10.1 Å². The van der Waals surface area contributed by atoms with Gasteiger partial charge in [0.15, 0.2) is 5.65 Å². The lowest BCUT2D eigenvalue weighted by atomic mass is 10.1. The maximum Gasteiger partial charge on any atom is 0.407 e. The van der Waals surface area contributed by atoms with Crippen LogP contribution in [0.5, 0.6) is 0 Å². The molecule has 0 saturated heterocycles. The fourth-order valence-corrected chi connectivity index (χ4v) is 2.29. The lowest BCUT2D eigenvalue weighted by Crippen LogP contribution is -2.31. The Hall–Kier alpha value is -2.11. The molecule has 1 N–H and O–H groups in total. The van der Waals surface area contributed by atoms with Crippen molar-refractivity contribution in [3.8, 4) is 0 Å². The molecule has 3 rings (SSSR count). The van der Waals surface area contributed by atoms with Gasteiger partial charge in [0.25, 0.3) is 0 Å². The van der Waals surface area contributed by atoms with E-state index in [0.717, 1.165) is 23.2 Å². The van der Waals surface area contributed by atoms with Crippen molar-refractivity contribution in [1.29, 1.82) is 0 Å². The zero-order valence-corrected chi connectivity index (χ0v) is 9.20. The van der Waals surface area contributed by atoms with Gasteiger partial charge in [0.1, 0.15) is 0 Å². The molecule has 1 amide bonds. The monoisotopic (exact) mass is 232 g/mol. The van der Waals surface area contributed by atoms with Gasteiger partial charge in [-0.15, -0.1) is 0 Å². The number of fused-ring (bicyclic) bond motifs is 3. The van der Waals surface area contributed by atoms with Gasteiger partial charge in [0.2, 0.25) is 0 Å². The van der Waals surface area contributed by atoms with Crippen molar-refractivity contribution in [2.75, 3.05) is 13.1 Å². The van der Waals surface area contributed by atoms with E-state index in [4.69, 9.17) is 5.11 Å². The molecular formula is C11H12N4O2. The number of nitrogens with zero attached hydrogens (tertiary/aromatic N) is 4. The molecule has 1 aliphatic rings. The molecule has 0 saturated carbocycles. The molecule has 0 aliphatic carbocycles. The summed E-state index contributed by atoms with van der Waals surface area (Å²) >= 11 is 0. The van der Waals surface area contributed by atoms with Crippen LogP contribution in [0.15, 0.2) is 18.6 Å². The molecule has 2 aromatic heterocycles. The molecule has 2 aromatic rings. The fourth-order valence-electron chi connectivity index (χ4n) is 2.29. The molecule has 0 radical (unpaired) electrons. The van der Waals surface area contributed by atoms with Crippen molar-refractivity contribution >= 4 is 11.7 Å². The van der Waals surface area contributed by atoms with Gasteiger partial charge in [-0.25, -0.2) is 14.3 Å². The summed E-state index contributed by atoms with van der Waals surface area (Å²) in [4.78, 5) is 16.7. The topological polar surface area (TPSA) is 70.7 Å². The average Bonchev–Trinajstić information content (AvgIpc) is 2.53. The summed E-state index contributed by atoms with van der Waals surface area (Å²) in [5, 5.41) is 13.2. The number of hydrogen-bond acceptors (Lipinski definition) is 3. The molecule has 0 unspecified atom stereocenters. The second kappa shape index (κ2) is 3.73. The second-order valence-electron chi connectivity index (χ2n) is 4.11. The summed E-state index contributed by atoms with van der Waals surface area (Å²) in [6.45, 7) is 1.07. The first-order valence-electron chi connectivity index (χ1n) is 5.53. The minimum Gasteiger partial charge on any atom is -0.465 e. The van der Waals surface area contributed by atoms with Gasteiger partial charge in [0, 0.05) is 31.0 Å². The van der Waals surface area contributed by atoms with Crippen molar-refractivity contribution in [2.24, 2.45) is 0 Å². The molecule has 88 valence electrons. The minimum absolute atomic E-state index is 0.526. The largest absolute Gasteiger partial charge is 0.465 e. The number of amides is 1. The van der Waals surface area contributed by atoms with Gasteiger partial charge < -0.3 is 10.0 Å². The Morgan fingerprint density at radius 1 is 1.29 bits per heavy atom. The van der Waals surface area contributed by atoms with Crippen LogP contribution in [-0.4, -0.2) is 43.8 Å². The van der Waals surface area contributed by atoms with Crippen LogP contribution in [0.4, 0.5) is 4.79 Å². The van der Waals surface area contributed by atoms with Crippen molar-refractivity contribution in [1.82, 2.24) is 19.5 Å². The maximum atomic E-state index is 10.9. The lowest BCUT2D eigenvalue weighted by Gasteiger charge is -2.15. The van der Waals surface area contributed by atoms with E-state index < -0.39 is 6.09 Å². The van der Waals surface area contributed by atoms with Crippen molar-refractivity contribution in [3.05, 3.63) is 29.7 Å². The molecule has 6 nitrogen and oxygen atoms in total. The van der Waals surface area contributed by atoms with E-state index in [-0.39, 0.29) is 0 Å². The van der Waals surface area contributed by atoms with E-state index in [9.17, 15) is 4.79 Å². The van der Waals surface area contributed by atoms with Gasteiger partial charge in [-0.3, -0.25) is 0 Å². The standard InChI is InChI=1S/C11H12N4O2/c16-11(17)14-5-1-8-7-15-10(9(8)2-6-14)12-3-4-13-15/h3-4,7H,1-2,5-6H2,(H,16,17). The van der Waals surface area contributed by atoms with Crippen LogP contribution in [0.1, 0.15) is 11.1 Å². The fraction of sp³-hybridized carbons (Fsp3) is 0.364. The summed E-state index contributed by atoms with van der Waals surface area (Å²) in [6, 6.07) is 0. The summed E-state index contributed by atoms with van der Waals surface area (Å²) in [7, 11) is 0. The minimum atomic E-state index is -0.849. The van der Waals surface area contributed by atoms with Crippen molar-refractivity contribution in [3.63, 3.8) is 0 Å². The number of hydrogen-bond donors (Lipinski definition) is 1. The Kier molecular flexibility index (Phi) is 2.21. The molecule has 0 bridgehead atoms. The van der Waals surface area contributed by atoms with E-state index in [1.165, 1.54) is 4.90 Å². The van der Waals surface area contributed by atoms with Crippen LogP contribution in [0, 0.1) is 0 Å². The van der Waals surface area contributed by atoms with Gasteiger partial charge >= 0.3 is 6.09 Å². The van der Waals surface area contributed by atoms with Crippen LogP contribution in [0.2, 0.25) is 0 Å². The Morgan fingerprint density at radius 2 is 2.12 bits per heavy atom. The highest BCUT2D eigenvalue weighted by Crippen LogP contribution is 2.20. The first kappa shape index (κ1) is 10.1. The third-order valence-electron chi connectivity index (χ3n) is 3.16.